The number of hydrogen-bond acceptors (Lipinski definition) is 2. The van der Waals surface area contributed by atoms with E-state index in [0.29, 0.717) is 0 Å². The van der Waals surface area contributed by atoms with Gasteiger partial charge in [0, 0.05) is 13.1 Å². The highest BCUT2D eigenvalue weighted by Gasteiger charge is 2.25. The number of aliphatic hydroxyl groups excluding tert-OH is 1. The molecule has 1 aliphatic heterocycles. The Balaban J connectivity index is 1.69. The van der Waals surface area contributed by atoms with Crippen molar-refractivity contribution in [2.24, 2.45) is 17.8 Å². The third kappa shape index (κ3) is 3.96. The van der Waals surface area contributed by atoms with Crippen molar-refractivity contribution in [1.82, 2.24) is 4.90 Å². The average Bonchev–Trinajstić information content (AvgIpc) is 2.76. The molecule has 0 radical (unpaired) electrons. The highest BCUT2D eigenvalue weighted by molar-refractivity contribution is 4.78. The maximum atomic E-state index is 10.2. The van der Waals surface area contributed by atoms with Gasteiger partial charge in [0.1, 0.15) is 0 Å². The van der Waals surface area contributed by atoms with E-state index in [1.807, 2.05) is 0 Å². The topological polar surface area (TPSA) is 23.5 Å². The van der Waals surface area contributed by atoms with Gasteiger partial charge in [-0.1, -0.05) is 39.5 Å². The fourth-order valence-corrected chi connectivity index (χ4v) is 3.52. The molecule has 1 N–H and O–H groups in total. The first-order valence-electron chi connectivity index (χ1n) is 7.55. The van der Waals surface area contributed by atoms with Crippen LogP contribution in [0.25, 0.3) is 0 Å². The van der Waals surface area contributed by atoms with E-state index < -0.39 is 0 Å². The maximum Gasteiger partial charge on any atom is 0.0669 e. The van der Waals surface area contributed by atoms with Crippen LogP contribution in [0, 0.1) is 17.8 Å². The van der Waals surface area contributed by atoms with E-state index in [9.17, 15) is 5.11 Å². The predicted molar refractivity (Wildman–Crippen MR) is 72.0 cm³/mol. The molecule has 1 aliphatic carbocycles. The van der Waals surface area contributed by atoms with Gasteiger partial charge in [-0.05, 0) is 37.1 Å². The minimum Gasteiger partial charge on any atom is -0.392 e. The summed E-state index contributed by atoms with van der Waals surface area (Å²) in [5, 5.41) is 10.2. The largest absolute Gasteiger partial charge is 0.392 e. The molecule has 2 aliphatic rings. The highest BCUT2D eigenvalue weighted by Crippen LogP contribution is 2.29. The second-order valence-corrected chi connectivity index (χ2v) is 6.54. The second kappa shape index (κ2) is 6.19. The van der Waals surface area contributed by atoms with Crippen LogP contribution in [-0.2, 0) is 0 Å². The molecule has 0 spiro atoms. The third-order valence-corrected chi connectivity index (χ3v) is 4.97. The van der Waals surface area contributed by atoms with Gasteiger partial charge in [0.25, 0.3) is 0 Å². The first kappa shape index (κ1) is 13.4. The second-order valence-electron chi connectivity index (χ2n) is 6.54. The first-order valence-corrected chi connectivity index (χ1v) is 7.55. The minimum absolute atomic E-state index is 0.0845. The van der Waals surface area contributed by atoms with E-state index in [1.165, 1.54) is 45.2 Å². The molecule has 3 unspecified atom stereocenters. The van der Waals surface area contributed by atoms with Crippen molar-refractivity contribution in [3.05, 3.63) is 0 Å². The highest BCUT2D eigenvalue weighted by atomic mass is 16.3. The quantitative estimate of drug-likeness (QED) is 0.815. The first-order chi connectivity index (χ1) is 8.15. The van der Waals surface area contributed by atoms with Crippen LogP contribution in [0.3, 0.4) is 0 Å². The van der Waals surface area contributed by atoms with Gasteiger partial charge in [-0.2, -0.15) is 0 Å². The number of piperidine rings is 1. The van der Waals surface area contributed by atoms with Crippen LogP contribution >= 0.6 is 0 Å². The molecule has 2 fully saturated rings. The lowest BCUT2D eigenvalue weighted by atomic mass is 9.88. The zero-order valence-corrected chi connectivity index (χ0v) is 11.6. The van der Waals surface area contributed by atoms with E-state index in [4.69, 9.17) is 0 Å². The predicted octanol–water partition coefficient (Wildman–Crippen LogP) is 2.91. The minimum atomic E-state index is -0.0845. The van der Waals surface area contributed by atoms with Crippen molar-refractivity contribution >= 4 is 0 Å². The molecule has 0 aromatic rings. The van der Waals surface area contributed by atoms with Crippen molar-refractivity contribution in [2.45, 2.75) is 58.5 Å². The Morgan fingerprint density at radius 1 is 1.12 bits per heavy atom. The molecule has 17 heavy (non-hydrogen) atoms. The summed E-state index contributed by atoms with van der Waals surface area (Å²) in [6, 6.07) is 0. The molecule has 2 nitrogen and oxygen atoms in total. The van der Waals surface area contributed by atoms with Gasteiger partial charge in [0.05, 0.1) is 6.10 Å². The van der Waals surface area contributed by atoms with E-state index in [2.05, 4.69) is 18.7 Å². The summed E-state index contributed by atoms with van der Waals surface area (Å²) in [6.45, 7) is 7.99. The van der Waals surface area contributed by atoms with E-state index in [1.54, 1.807) is 0 Å². The molecule has 100 valence electrons. The summed E-state index contributed by atoms with van der Waals surface area (Å²) >= 11 is 0. The Hall–Kier alpha value is -0.0800. The van der Waals surface area contributed by atoms with Crippen molar-refractivity contribution in [2.75, 3.05) is 19.6 Å². The number of likely N-dealkylation sites (tertiary alicyclic amines) is 1. The zero-order valence-electron chi connectivity index (χ0n) is 11.6. The number of hydrogen-bond donors (Lipinski definition) is 1. The third-order valence-electron chi connectivity index (χ3n) is 4.97. The zero-order chi connectivity index (χ0) is 12.3. The molecule has 0 aromatic heterocycles. The van der Waals surface area contributed by atoms with Crippen molar-refractivity contribution in [1.29, 1.82) is 0 Å². The molecule has 0 amide bonds. The lowest BCUT2D eigenvalue weighted by Crippen LogP contribution is -2.42. The van der Waals surface area contributed by atoms with Gasteiger partial charge in [-0.15, -0.1) is 0 Å². The summed E-state index contributed by atoms with van der Waals surface area (Å²) in [7, 11) is 0. The van der Waals surface area contributed by atoms with Crippen LogP contribution in [0.2, 0.25) is 0 Å². The van der Waals surface area contributed by atoms with E-state index >= 15 is 0 Å². The SMILES string of the molecule is CC1CCN(CC(O)CC2CCCC2)CC1C. The van der Waals surface area contributed by atoms with Gasteiger partial charge in [0.2, 0.25) is 0 Å². The molecule has 1 heterocycles. The van der Waals surface area contributed by atoms with Crippen molar-refractivity contribution < 1.29 is 5.11 Å². The summed E-state index contributed by atoms with van der Waals surface area (Å²) in [4.78, 5) is 2.48. The van der Waals surface area contributed by atoms with Crippen molar-refractivity contribution in [3.8, 4) is 0 Å². The van der Waals surface area contributed by atoms with Gasteiger partial charge in [-0.25, -0.2) is 0 Å². The maximum absolute atomic E-state index is 10.2. The van der Waals surface area contributed by atoms with Crippen LogP contribution < -0.4 is 0 Å². The van der Waals surface area contributed by atoms with Gasteiger partial charge < -0.3 is 10.0 Å². The molecule has 1 saturated heterocycles. The fourth-order valence-electron chi connectivity index (χ4n) is 3.52. The fraction of sp³-hybridized carbons (Fsp3) is 1.00. The molecular weight excluding hydrogens is 210 g/mol. The average molecular weight is 239 g/mol. The van der Waals surface area contributed by atoms with Crippen molar-refractivity contribution in [3.63, 3.8) is 0 Å². The van der Waals surface area contributed by atoms with Gasteiger partial charge >= 0.3 is 0 Å². The molecular formula is C15H29NO. The van der Waals surface area contributed by atoms with Crippen LogP contribution in [0.4, 0.5) is 0 Å². The number of nitrogens with zero attached hydrogens (tertiary/aromatic N) is 1. The summed E-state index contributed by atoms with van der Waals surface area (Å²) < 4.78 is 0. The lowest BCUT2D eigenvalue weighted by Gasteiger charge is -2.36. The van der Waals surface area contributed by atoms with Gasteiger partial charge in [0.15, 0.2) is 0 Å². The van der Waals surface area contributed by atoms with Gasteiger partial charge in [-0.3, -0.25) is 0 Å². The Kier molecular flexibility index (Phi) is 4.87. The Bertz CT molecular complexity index is 225. The van der Waals surface area contributed by atoms with Crippen LogP contribution in [0.1, 0.15) is 52.4 Å². The van der Waals surface area contributed by atoms with E-state index in [0.717, 1.165) is 30.7 Å². The molecule has 2 heteroatoms. The molecule has 2 rings (SSSR count). The monoisotopic (exact) mass is 239 g/mol. The molecule has 3 atom stereocenters. The molecule has 0 bridgehead atoms. The van der Waals surface area contributed by atoms with Crippen LogP contribution in [0.15, 0.2) is 0 Å². The smallest absolute Gasteiger partial charge is 0.0669 e. The lowest BCUT2D eigenvalue weighted by molar-refractivity contribution is 0.0581. The molecule has 0 aromatic carbocycles. The number of β-amino-alcohol motifs (C(OH)–C–C–N with tert-alkyl or cyclic N) is 1. The molecule has 1 saturated carbocycles. The number of rotatable bonds is 4. The Morgan fingerprint density at radius 3 is 2.47 bits per heavy atom. The number of aliphatic hydroxyl groups is 1. The summed E-state index contributed by atoms with van der Waals surface area (Å²) in [5.41, 5.74) is 0. The van der Waals surface area contributed by atoms with Crippen LogP contribution in [0.5, 0.6) is 0 Å². The summed E-state index contributed by atoms with van der Waals surface area (Å²) in [6.07, 6.45) is 7.73. The Morgan fingerprint density at radius 2 is 1.82 bits per heavy atom. The summed E-state index contributed by atoms with van der Waals surface area (Å²) in [5.74, 6) is 2.46. The van der Waals surface area contributed by atoms with E-state index in [-0.39, 0.29) is 6.10 Å². The standard InChI is InChI=1S/C15H29NO/c1-12-7-8-16(10-13(12)2)11-15(17)9-14-5-3-4-6-14/h12-15,17H,3-11H2,1-2H3. The Labute approximate surface area is 106 Å². The normalized spacial score (nSPS) is 34.1. The van der Waals surface area contributed by atoms with Crippen LogP contribution in [-0.4, -0.2) is 35.7 Å².